The monoisotopic (exact) mass is 503 g/mol. The van der Waals surface area contributed by atoms with Gasteiger partial charge < -0.3 is 15.5 Å². The summed E-state index contributed by atoms with van der Waals surface area (Å²) < 4.78 is 7.16. The van der Waals surface area contributed by atoms with Gasteiger partial charge in [-0.25, -0.2) is 9.97 Å². The SMILES string of the molecule is Cc1nnc(-c2c(N)ncnc2N[C@@H](C)c2cc3cccc(Cl)c3c(=O)n2-c2cc(C3CC3)[nH]n2)o1. The highest BCUT2D eigenvalue weighted by atomic mass is 35.5. The standard InChI is InChI=1S/C24H22ClN9O2/c1-11(29-22-20(21(26)27-10-28-22)23-33-30-12(2)36-23)17-8-14-4-3-5-15(25)19(14)24(35)34(17)18-9-16(31-32-18)13-6-7-13/h3-5,8-11,13H,6-7H2,1-2H3,(H,31,32)(H3,26,27,28,29)/t11-/m0/s1. The summed E-state index contributed by atoms with van der Waals surface area (Å²) in [6.45, 7) is 3.60. The van der Waals surface area contributed by atoms with Gasteiger partial charge in [0.25, 0.3) is 11.4 Å². The van der Waals surface area contributed by atoms with Crippen molar-refractivity contribution in [3.63, 3.8) is 0 Å². The molecule has 1 fully saturated rings. The van der Waals surface area contributed by atoms with E-state index in [1.165, 1.54) is 6.33 Å². The highest BCUT2D eigenvalue weighted by Gasteiger charge is 2.27. The van der Waals surface area contributed by atoms with Crippen molar-refractivity contribution in [2.24, 2.45) is 0 Å². The third kappa shape index (κ3) is 3.77. The van der Waals surface area contributed by atoms with E-state index in [9.17, 15) is 4.79 Å². The number of halogens is 1. The third-order valence-electron chi connectivity index (χ3n) is 6.27. The summed E-state index contributed by atoms with van der Waals surface area (Å²) in [5, 5.41) is 20.4. The van der Waals surface area contributed by atoms with Gasteiger partial charge in [0.15, 0.2) is 5.82 Å². The maximum absolute atomic E-state index is 13.8. The van der Waals surface area contributed by atoms with Crippen LogP contribution in [0.5, 0.6) is 0 Å². The largest absolute Gasteiger partial charge is 0.421 e. The Bertz CT molecular complexity index is 1670. The molecule has 5 aromatic rings. The lowest BCUT2D eigenvalue weighted by Gasteiger charge is -2.21. The molecule has 1 saturated carbocycles. The van der Waals surface area contributed by atoms with Crippen molar-refractivity contribution in [1.29, 1.82) is 0 Å². The first-order chi connectivity index (χ1) is 17.4. The van der Waals surface area contributed by atoms with Crippen molar-refractivity contribution >= 4 is 34.0 Å². The van der Waals surface area contributed by atoms with Gasteiger partial charge >= 0.3 is 0 Å². The molecule has 36 heavy (non-hydrogen) atoms. The quantitative estimate of drug-likeness (QED) is 0.310. The number of anilines is 2. The zero-order valence-corrected chi connectivity index (χ0v) is 20.2. The smallest absolute Gasteiger partial charge is 0.266 e. The first kappa shape index (κ1) is 22.2. The fourth-order valence-corrected chi connectivity index (χ4v) is 4.60. The molecule has 4 heterocycles. The van der Waals surface area contributed by atoms with Gasteiger partial charge in [0, 0.05) is 24.6 Å². The lowest BCUT2D eigenvalue weighted by molar-refractivity contribution is 0.532. The summed E-state index contributed by atoms with van der Waals surface area (Å²) in [5.41, 5.74) is 7.95. The van der Waals surface area contributed by atoms with Crippen molar-refractivity contribution in [3.05, 3.63) is 69.3 Å². The van der Waals surface area contributed by atoms with E-state index in [2.05, 4.69) is 35.7 Å². The number of benzene rings is 1. The highest BCUT2D eigenvalue weighted by molar-refractivity contribution is 6.35. The zero-order valence-electron chi connectivity index (χ0n) is 19.5. The summed E-state index contributed by atoms with van der Waals surface area (Å²) in [6.07, 6.45) is 3.57. The molecule has 6 rings (SSSR count). The number of aromatic nitrogens is 7. The van der Waals surface area contributed by atoms with Gasteiger partial charge in [-0.2, -0.15) is 5.10 Å². The number of nitrogens with one attached hydrogen (secondary N) is 2. The molecule has 0 spiro atoms. The molecule has 12 heteroatoms. The van der Waals surface area contributed by atoms with Crippen molar-refractivity contribution in [2.45, 2.75) is 38.6 Å². The number of hydrogen-bond donors (Lipinski definition) is 3. The molecule has 0 radical (unpaired) electrons. The van der Waals surface area contributed by atoms with Crippen LogP contribution in [0.25, 0.3) is 28.0 Å². The van der Waals surface area contributed by atoms with Crippen molar-refractivity contribution in [2.75, 3.05) is 11.1 Å². The average Bonchev–Trinajstić information content (AvgIpc) is 3.43. The van der Waals surface area contributed by atoms with Crippen LogP contribution in [0.4, 0.5) is 11.6 Å². The molecule has 11 nitrogen and oxygen atoms in total. The molecular formula is C24H22ClN9O2. The second kappa shape index (κ2) is 8.45. The molecule has 1 aliphatic rings. The molecular weight excluding hydrogens is 482 g/mol. The van der Waals surface area contributed by atoms with E-state index >= 15 is 0 Å². The van der Waals surface area contributed by atoms with E-state index in [1.54, 1.807) is 17.6 Å². The number of nitrogens with zero attached hydrogens (tertiary/aromatic N) is 6. The molecule has 4 aromatic heterocycles. The molecule has 1 atom stereocenters. The first-order valence-electron chi connectivity index (χ1n) is 11.5. The second-order valence-corrected chi connectivity index (χ2v) is 9.25. The summed E-state index contributed by atoms with van der Waals surface area (Å²) in [4.78, 5) is 22.2. The van der Waals surface area contributed by atoms with E-state index in [-0.39, 0.29) is 17.3 Å². The number of fused-ring (bicyclic) bond motifs is 1. The van der Waals surface area contributed by atoms with Gasteiger partial charge in [-0.15, -0.1) is 10.2 Å². The summed E-state index contributed by atoms with van der Waals surface area (Å²) in [5.74, 6) is 2.12. The fourth-order valence-electron chi connectivity index (χ4n) is 4.33. The molecule has 0 bridgehead atoms. The van der Waals surface area contributed by atoms with E-state index in [4.69, 9.17) is 21.8 Å². The fraction of sp³-hybridized carbons (Fsp3) is 0.250. The van der Waals surface area contributed by atoms with E-state index in [1.807, 2.05) is 31.2 Å². The summed E-state index contributed by atoms with van der Waals surface area (Å²) in [6, 6.07) is 8.81. The van der Waals surface area contributed by atoms with Crippen LogP contribution in [-0.2, 0) is 0 Å². The molecule has 0 amide bonds. The minimum absolute atomic E-state index is 0.187. The van der Waals surface area contributed by atoms with E-state index in [0.717, 1.165) is 23.9 Å². The minimum atomic E-state index is -0.417. The van der Waals surface area contributed by atoms with Gasteiger partial charge in [0.2, 0.25) is 5.89 Å². The van der Waals surface area contributed by atoms with E-state index < -0.39 is 6.04 Å². The van der Waals surface area contributed by atoms with Gasteiger partial charge in [-0.05, 0) is 37.3 Å². The molecule has 182 valence electrons. The molecule has 1 aliphatic carbocycles. The number of aromatic amines is 1. The lowest BCUT2D eigenvalue weighted by atomic mass is 10.1. The van der Waals surface area contributed by atoms with Gasteiger partial charge in [0.1, 0.15) is 23.5 Å². The number of nitrogen functional groups attached to an aromatic ring is 1. The first-order valence-corrected chi connectivity index (χ1v) is 11.9. The molecule has 0 aliphatic heterocycles. The Kier molecular flexibility index (Phi) is 5.22. The van der Waals surface area contributed by atoms with Crippen molar-refractivity contribution < 1.29 is 4.42 Å². The number of pyridine rings is 1. The summed E-state index contributed by atoms with van der Waals surface area (Å²) in [7, 11) is 0. The second-order valence-electron chi connectivity index (χ2n) is 8.84. The Morgan fingerprint density at radius 2 is 2.08 bits per heavy atom. The van der Waals surface area contributed by atoms with E-state index in [0.29, 0.717) is 45.1 Å². The van der Waals surface area contributed by atoms with Crippen LogP contribution in [0, 0.1) is 6.92 Å². The van der Waals surface area contributed by atoms with Crippen LogP contribution in [0.3, 0.4) is 0 Å². The van der Waals surface area contributed by atoms with Crippen molar-refractivity contribution in [1.82, 2.24) is 34.9 Å². The van der Waals surface area contributed by atoms with Crippen LogP contribution in [0.15, 0.2) is 45.9 Å². The predicted molar refractivity (Wildman–Crippen MR) is 135 cm³/mol. The Morgan fingerprint density at radius 3 is 2.83 bits per heavy atom. The molecule has 4 N–H and O–H groups in total. The van der Waals surface area contributed by atoms with Crippen LogP contribution in [-0.4, -0.2) is 34.9 Å². The van der Waals surface area contributed by atoms with Gasteiger partial charge in [-0.1, -0.05) is 23.7 Å². The maximum Gasteiger partial charge on any atom is 0.266 e. The van der Waals surface area contributed by atoms with Crippen LogP contribution >= 0.6 is 11.6 Å². The number of hydrogen-bond acceptors (Lipinski definition) is 9. The predicted octanol–water partition coefficient (Wildman–Crippen LogP) is 4.15. The zero-order chi connectivity index (χ0) is 25.0. The number of aryl methyl sites for hydroxylation is 1. The minimum Gasteiger partial charge on any atom is -0.421 e. The topological polar surface area (TPSA) is 153 Å². The van der Waals surface area contributed by atoms with Crippen molar-refractivity contribution in [3.8, 4) is 17.3 Å². The Morgan fingerprint density at radius 1 is 1.25 bits per heavy atom. The van der Waals surface area contributed by atoms with Crippen LogP contribution < -0.4 is 16.6 Å². The molecule has 1 aromatic carbocycles. The van der Waals surface area contributed by atoms with Crippen LogP contribution in [0.1, 0.15) is 49.0 Å². The third-order valence-corrected chi connectivity index (χ3v) is 6.58. The Balaban J connectivity index is 1.49. The number of rotatable bonds is 6. The number of nitrogens with two attached hydrogens (primary N) is 1. The Labute approximate surface area is 209 Å². The number of H-pyrrole nitrogens is 1. The molecule has 0 saturated heterocycles. The average molecular weight is 504 g/mol. The molecule has 0 unspecified atom stereocenters. The maximum atomic E-state index is 13.8. The van der Waals surface area contributed by atoms with Gasteiger partial charge in [0.05, 0.1) is 22.1 Å². The Hall–Kier alpha value is -4.25. The van der Waals surface area contributed by atoms with Crippen LogP contribution in [0.2, 0.25) is 5.02 Å². The summed E-state index contributed by atoms with van der Waals surface area (Å²) >= 11 is 6.45. The lowest BCUT2D eigenvalue weighted by Crippen LogP contribution is -2.26. The van der Waals surface area contributed by atoms with Gasteiger partial charge in [-0.3, -0.25) is 14.5 Å². The normalized spacial score (nSPS) is 14.3. The highest BCUT2D eigenvalue weighted by Crippen LogP contribution is 2.39.